The lowest BCUT2D eigenvalue weighted by Gasteiger charge is -2.22. The lowest BCUT2D eigenvalue weighted by molar-refractivity contribution is -0.117. The third kappa shape index (κ3) is 3.19. The molecule has 0 radical (unpaired) electrons. The van der Waals surface area contributed by atoms with E-state index in [9.17, 15) is 9.18 Å². The van der Waals surface area contributed by atoms with Gasteiger partial charge in [0.2, 0.25) is 5.91 Å². The van der Waals surface area contributed by atoms with Crippen LogP contribution in [0.1, 0.15) is 25.8 Å². The van der Waals surface area contributed by atoms with Crippen molar-refractivity contribution in [3.63, 3.8) is 0 Å². The first kappa shape index (κ1) is 20.4. The van der Waals surface area contributed by atoms with E-state index < -0.39 is 12.1 Å². The van der Waals surface area contributed by atoms with Gasteiger partial charge in [0.15, 0.2) is 11.6 Å². The summed E-state index contributed by atoms with van der Waals surface area (Å²) in [7, 11) is 1.86. The molecule has 0 saturated heterocycles. The molecule has 1 aliphatic carbocycles. The summed E-state index contributed by atoms with van der Waals surface area (Å²) in [6.45, 7) is 4.57. The summed E-state index contributed by atoms with van der Waals surface area (Å²) >= 11 is 0. The zero-order valence-corrected chi connectivity index (χ0v) is 18.1. The summed E-state index contributed by atoms with van der Waals surface area (Å²) in [6.07, 6.45) is 4.98. The molecule has 0 spiro atoms. The quantitative estimate of drug-likeness (QED) is 0.470. The molecule has 2 N–H and O–H groups in total. The number of amides is 1. The molecule has 0 bridgehead atoms. The first-order chi connectivity index (χ1) is 15.4. The molecule has 4 aromatic rings. The Kier molecular flexibility index (Phi) is 4.83. The van der Waals surface area contributed by atoms with Crippen LogP contribution in [0.3, 0.4) is 0 Å². The van der Waals surface area contributed by atoms with Gasteiger partial charge in [0, 0.05) is 30.7 Å². The standard InChI is InChI=1S/C23H24F2N6O/c1-4-13-19(15-9-26-29-21(15)22(20(13)25)30(3)5-2)12-6-7-18-27-17(11-31(18)10-12)28-23(32)14-8-16(14)24/h6-7,9-11,14,16H,4-5,8H2,1-3H3,(H,26,29)(H,28,32). The van der Waals surface area contributed by atoms with Crippen molar-refractivity contribution >= 4 is 34.0 Å². The number of rotatable bonds is 6. The minimum Gasteiger partial charge on any atom is -0.371 e. The molecule has 32 heavy (non-hydrogen) atoms. The number of nitrogens with one attached hydrogen (secondary N) is 2. The number of imidazole rings is 1. The second kappa shape index (κ2) is 7.58. The van der Waals surface area contributed by atoms with E-state index in [0.29, 0.717) is 41.2 Å². The van der Waals surface area contributed by atoms with E-state index in [-0.39, 0.29) is 18.1 Å². The van der Waals surface area contributed by atoms with Crippen LogP contribution in [0.4, 0.5) is 20.3 Å². The minimum absolute atomic E-state index is 0.257. The maximum atomic E-state index is 15.7. The lowest BCUT2D eigenvalue weighted by atomic mass is 9.93. The van der Waals surface area contributed by atoms with Gasteiger partial charge < -0.3 is 14.6 Å². The number of benzene rings is 1. The molecule has 7 nitrogen and oxygen atoms in total. The van der Waals surface area contributed by atoms with Crippen molar-refractivity contribution in [1.29, 1.82) is 0 Å². The number of anilines is 2. The van der Waals surface area contributed by atoms with Crippen LogP contribution in [0.25, 0.3) is 27.7 Å². The van der Waals surface area contributed by atoms with Gasteiger partial charge in [0.25, 0.3) is 0 Å². The fourth-order valence-electron chi connectivity index (χ4n) is 4.21. The van der Waals surface area contributed by atoms with E-state index in [0.717, 1.165) is 16.5 Å². The summed E-state index contributed by atoms with van der Waals surface area (Å²) < 4.78 is 30.6. The van der Waals surface area contributed by atoms with Crippen LogP contribution in [0.15, 0.2) is 30.7 Å². The van der Waals surface area contributed by atoms with Crippen molar-refractivity contribution in [2.75, 3.05) is 23.8 Å². The average Bonchev–Trinajstić information content (AvgIpc) is 3.15. The maximum Gasteiger partial charge on any atom is 0.231 e. The van der Waals surface area contributed by atoms with E-state index in [4.69, 9.17) is 0 Å². The molecular formula is C23H24F2N6O. The van der Waals surface area contributed by atoms with E-state index in [1.165, 1.54) is 0 Å². The van der Waals surface area contributed by atoms with Crippen LogP contribution in [0, 0.1) is 11.7 Å². The van der Waals surface area contributed by atoms with Crippen molar-refractivity contribution < 1.29 is 13.6 Å². The zero-order chi connectivity index (χ0) is 22.6. The fourth-order valence-corrected chi connectivity index (χ4v) is 4.21. The minimum atomic E-state index is -1.06. The summed E-state index contributed by atoms with van der Waals surface area (Å²) in [5, 5.41) is 10.7. The monoisotopic (exact) mass is 438 g/mol. The number of nitrogens with zero attached hydrogens (tertiary/aromatic N) is 4. The van der Waals surface area contributed by atoms with Gasteiger partial charge in [0.1, 0.15) is 11.8 Å². The Morgan fingerprint density at radius 1 is 1.34 bits per heavy atom. The van der Waals surface area contributed by atoms with Crippen molar-refractivity contribution in [3.8, 4) is 11.1 Å². The molecule has 9 heteroatoms. The molecule has 0 aliphatic heterocycles. The van der Waals surface area contributed by atoms with Gasteiger partial charge in [0.05, 0.1) is 29.5 Å². The number of carbonyl (C=O) groups excluding carboxylic acids is 1. The topological polar surface area (TPSA) is 78.3 Å². The summed E-state index contributed by atoms with van der Waals surface area (Å²) in [6, 6.07) is 3.70. The first-order valence-corrected chi connectivity index (χ1v) is 10.8. The summed E-state index contributed by atoms with van der Waals surface area (Å²) in [4.78, 5) is 18.3. The molecule has 3 aromatic heterocycles. The number of fused-ring (bicyclic) bond motifs is 2. The van der Waals surface area contributed by atoms with E-state index in [1.807, 2.05) is 44.1 Å². The Labute approximate surface area is 183 Å². The van der Waals surface area contributed by atoms with Crippen molar-refractivity contribution in [1.82, 2.24) is 19.6 Å². The predicted molar refractivity (Wildman–Crippen MR) is 120 cm³/mol. The maximum absolute atomic E-state index is 15.7. The Morgan fingerprint density at radius 2 is 2.12 bits per heavy atom. The van der Waals surface area contributed by atoms with Crippen LogP contribution in [-0.4, -0.2) is 45.3 Å². The van der Waals surface area contributed by atoms with Crippen molar-refractivity contribution in [2.45, 2.75) is 32.9 Å². The second-order valence-corrected chi connectivity index (χ2v) is 8.20. The van der Waals surface area contributed by atoms with Gasteiger partial charge in [-0.2, -0.15) is 5.10 Å². The van der Waals surface area contributed by atoms with Gasteiger partial charge >= 0.3 is 0 Å². The second-order valence-electron chi connectivity index (χ2n) is 8.20. The number of carbonyl (C=O) groups is 1. The molecule has 1 fully saturated rings. The molecule has 166 valence electrons. The van der Waals surface area contributed by atoms with Gasteiger partial charge in [-0.05, 0) is 43.0 Å². The number of hydrogen-bond donors (Lipinski definition) is 2. The van der Waals surface area contributed by atoms with E-state index >= 15 is 4.39 Å². The third-order valence-corrected chi connectivity index (χ3v) is 6.17. The number of aromatic nitrogens is 4. The molecule has 1 aliphatic rings. The number of hydrogen-bond acceptors (Lipinski definition) is 4. The highest BCUT2D eigenvalue weighted by molar-refractivity contribution is 6.03. The van der Waals surface area contributed by atoms with Crippen molar-refractivity contribution in [3.05, 3.63) is 42.1 Å². The normalized spacial score (nSPS) is 17.8. The van der Waals surface area contributed by atoms with Crippen LogP contribution in [0.5, 0.6) is 0 Å². The average molecular weight is 438 g/mol. The molecule has 2 atom stereocenters. The third-order valence-electron chi connectivity index (χ3n) is 6.17. The van der Waals surface area contributed by atoms with E-state index in [1.54, 1.807) is 16.8 Å². The summed E-state index contributed by atoms with van der Waals surface area (Å²) in [5.41, 5.74) is 4.00. The smallest absolute Gasteiger partial charge is 0.231 e. The largest absolute Gasteiger partial charge is 0.371 e. The van der Waals surface area contributed by atoms with Crippen molar-refractivity contribution in [2.24, 2.45) is 5.92 Å². The lowest BCUT2D eigenvalue weighted by Crippen LogP contribution is -2.19. The number of alkyl halides is 1. The molecule has 1 amide bonds. The molecule has 3 heterocycles. The number of halogens is 2. The highest BCUT2D eigenvalue weighted by Gasteiger charge is 2.43. The Balaban J connectivity index is 1.61. The Bertz CT molecular complexity index is 1340. The highest BCUT2D eigenvalue weighted by atomic mass is 19.1. The van der Waals surface area contributed by atoms with Gasteiger partial charge in [-0.15, -0.1) is 0 Å². The fraction of sp³-hybridized carbons (Fsp3) is 0.348. The van der Waals surface area contributed by atoms with Crippen LogP contribution < -0.4 is 10.2 Å². The SMILES string of the molecule is CCc1c(F)c(N(C)CC)c2[nH]ncc2c1-c1ccc2nc(NC(=O)C3CC3F)cn2c1. The summed E-state index contributed by atoms with van der Waals surface area (Å²) in [5.74, 6) is -0.833. The molecule has 1 saturated carbocycles. The number of H-pyrrole nitrogens is 1. The Hall–Kier alpha value is -3.49. The molecule has 1 aromatic carbocycles. The first-order valence-electron chi connectivity index (χ1n) is 10.8. The Morgan fingerprint density at radius 3 is 2.81 bits per heavy atom. The van der Waals surface area contributed by atoms with Crippen LogP contribution in [0.2, 0.25) is 0 Å². The van der Waals surface area contributed by atoms with Crippen LogP contribution in [-0.2, 0) is 11.2 Å². The number of pyridine rings is 1. The number of aromatic amines is 1. The van der Waals surface area contributed by atoms with Gasteiger partial charge in [-0.3, -0.25) is 9.89 Å². The van der Waals surface area contributed by atoms with Gasteiger partial charge in [-0.1, -0.05) is 6.92 Å². The molecule has 2 unspecified atom stereocenters. The predicted octanol–water partition coefficient (Wildman–Crippen LogP) is 4.33. The van der Waals surface area contributed by atoms with E-state index in [2.05, 4.69) is 20.5 Å². The van der Waals surface area contributed by atoms with Crippen LogP contribution >= 0.6 is 0 Å². The van der Waals surface area contributed by atoms with Gasteiger partial charge in [-0.25, -0.2) is 13.8 Å². The highest BCUT2D eigenvalue weighted by Crippen LogP contribution is 2.40. The molecular weight excluding hydrogens is 414 g/mol. The molecule has 5 rings (SSSR count). The zero-order valence-electron chi connectivity index (χ0n) is 18.1.